The smallest absolute Gasteiger partial charge is 0.227 e. The Labute approximate surface area is 150 Å². The van der Waals surface area contributed by atoms with Crippen LogP contribution in [0.15, 0.2) is 53.1 Å². The minimum Gasteiger partial charge on any atom is -0.437 e. The van der Waals surface area contributed by atoms with Gasteiger partial charge in [-0.3, -0.25) is 4.98 Å². The highest BCUT2D eigenvalue weighted by atomic mass is 16.3. The maximum absolute atomic E-state index is 8.75. The Morgan fingerprint density at radius 3 is 2.96 bits per heavy atom. The SMILES string of the molecule is [2H]C1([2H])CCCC1([2H])c1ccc2c(n1)oc1c(-c3cc(C)ccn3)cccc12. The lowest BCUT2D eigenvalue weighted by atomic mass is 10.0. The van der Waals surface area contributed by atoms with E-state index in [9.17, 15) is 0 Å². The first-order valence-electron chi connectivity index (χ1n) is 10.1. The molecular formula is C22H20N2O. The molecule has 1 atom stereocenters. The highest BCUT2D eigenvalue weighted by Crippen LogP contribution is 2.37. The summed E-state index contributed by atoms with van der Waals surface area (Å²) in [5.41, 5.74) is 4.47. The van der Waals surface area contributed by atoms with Crippen molar-refractivity contribution in [3.8, 4) is 11.3 Å². The van der Waals surface area contributed by atoms with E-state index in [4.69, 9.17) is 8.53 Å². The number of pyridine rings is 2. The van der Waals surface area contributed by atoms with Crippen molar-refractivity contribution in [3.05, 3.63) is 59.9 Å². The average Bonchev–Trinajstić information content (AvgIpc) is 3.18. The average molecular weight is 331 g/mol. The van der Waals surface area contributed by atoms with Crippen molar-refractivity contribution >= 4 is 22.1 Å². The zero-order valence-corrected chi connectivity index (χ0v) is 14.0. The summed E-state index contributed by atoms with van der Waals surface area (Å²) in [6, 6.07) is 13.6. The fraction of sp³-hybridized carbons (Fsp3) is 0.273. The highest BCUT2D eigenvalue weighted by Gasteiger charge is 2.20. The van der Waals surface area contributed by atoms with Crippen LogP contribution in [-0.4, -0.2) is 9.97 Å². The molecule has 1 aromatic carbocycles. The summed E-state index contributed by atoms with van der Waals surface area (Å²) in [5.74, 6) is -1.33. The van der Waals surface area contributed by atoms with Crippen molar-refractivity contribution in [1.82, 2.24) is 9.97 Å². The molecule has 3 nitrogen and oxygen atoms in total. The zero-order chi connectivity index (χ0) is 19.5. The van der Waals surface area contributed by atoms with Gasteiger partial charge in [-0.2, -0.15) is 0 Å². The second-order valence-corrected chi connectivity index (χ2v) is 6.56. The Morgan fingerprint density at radius 1 is 1.16 bits per heavy atom. The van der Waals surface area contributed by atoms with Crippen LogP contribution in [0.3, 0.4) is 0 Å². The lowest BCUT2D eigenvalue weighted by Crippen LogP contribution is -1.95. The first kappa shape index (κ1) is 11.8. The molecule has 0 radical (unpaired) electrons. The Balaban J connectivity index is 1.72. The monoisotopic (exact) mass is 331 g/mol. The van der Waals surface area contributed by atoms with E-state index < -0.39 is 12.3 Å². The van der Waals surface area contributed by atoms with Gasteiger partial charge in [0.2, 0.25) is 5.71 Å². The van der Waals surface area contributed by atoms with E-state index >= 15 is 0 Å². The van der Waals surface area contributed by atoms with Crippen molar-refractivity contribution in [2.45, 2.75) is 38.5 Å². The minimum atomic E-state index is -1.59. The Hall–Kier alpha value is -2.68. The third-order valence-electron chi connectivity index (χ3n) is 4.81. The normalized spacial score (nSPS) is 24.3. The van der Waals surface area contributed by atoms with Crippen molar-refractivity contribution in [2.75, 3.05) is 0 Å². The second-order valence-electron chi connectivity index (χ2n) is 6.56. The fourth-order valence-electron chi connectivity index (χ4n) is 3.54. The maximum Gasteiger partial charge on any atom is 0.227 e. The molecular weight excluding hydrogens is 308 g/mol. The largest absolute Gasteiger partial charge is 0.437 e. The molecule has 3 heterocycles. The Kier molecular flexibility index (Phi) is 2.69. The summed E-state index contributed by atoms with van der Waals surface area (Å²) in [7, 11) is 0. The molecule has 0 amide bonds. The van der Waals surface area contributed by atoms with E-state index in [-0.39, 0.29) is 0 Å². The summed E-state index contributed by atoms with van der Waals surface area (Å²) in [4.78, 5) is 9.08. The predicted molar refractivity (Wildman–Crippen MR) is 101 cm³/mol. The van der Waals surface area contributed by atoms with Gasteiger partial charge in [0.1, 0.15) is 5.58 Å². The third kappa shape index (κ3) is 2.42. The molecule has 1 saturated carbocycles. The van der Waals surface area contributed by atoms with Crippen LogP contribution in [0.2, 0.25) is 0 Å². The van der Waals surface area contributed by atoms with Crippen LogP contribution in [0.25, 0.3) is 33.3 Å². The van der Waals surface area contributed by atoms with Gasteiger partial charge in [-0.15, -0.1) is 0 Å². The summed E-state index contributed by atoms with van der Waals surface area (Å²) < 4.78 is 31.4. The predicted octanol–water partition coefficient (Wildman–Crippen LogP) is 6.01. The summed E-state index contributed by atoms with van der Waals surface area (Å²) >= 11 is 0. The number of para-hydroxylation sites is 1. The number of hydrogen-bond donors (Lipinski definition) is 0. The summed E-state index contributed by atoms with van der Waals surface area (Å²) in [5, 5.41) is 1.82. The van der Waals surface area contributed by atoms with Crippen molar-refractivity contribution in [1.29, 1.82) is 0 Å². The van der Waals surface area contributed by atoms with Gasteiger partial charge >= 0.3 is 0 Å². The zero-order valence-electron chi connectivity index (χ0n) is 17.0. The number of benzene rings is 1. The first-order valence-corrected chi connectivity index (χ1v) is 8.65. The number of nitrogens with zero attached hydrogens (tertiary/aromatic N) is 2. The Bertz CT molecular complexity index is 1220. The molecule has 1 fully saturated rings. The van der Waals surface area contributed by atoms with Gasteiger partial charge in [0, 0.05) is 38.2 Å². The van der Waals surface area contributed by atoms with E-state index in [2.05, 4.69) is 9.97 Å². The van der Waals surface area contributed by atoms with E-state index in [1.807, 2.05) is 43.3 Å². The van der Waals surface area contributed by atoms with Gasteiger partial charge in [0.05, 0.1) is 5.69 Å². The molecule has 0 spiro atoms. The van der Waals surface area contributed by atoms with Crippen molar-refractivity contribution in [2.24, 2.45) is 0 Å². The van der Waals surface area contributed by atoms with Gasteiger partial charge < -0.3 is 4.42 Å². The molecule has 3 aromatic heterocycles. The van der Waals surface area contributed by atoms with Crippen LogP contribution in [0, 0.1) is 6.92 Å². The van der Waals surface area contributed by atoms with E-state index in [0.717, 1.165) is 27.6 Å². The molecule has 3 heteroatoms. The lowest BCUT2D eigenvalue weighted by Gasteiger charge is -2.06. The van der Waals surface area contributed by atoms with E-state index in [1.165, 1.54) is 0 Å². The molecule has 0 aliphatic heterocycles. The molecule has 25 heavy (non-hydrogen) atoms. The van der Waals surface area contributed by atoms with Crippen LogP contribution >= 0.6 is 0 Å². The standard InChI is InChI=1S/C22H20N2O/c1-14-11-12-23-20(13-14)18-8-4-7-16-17-9-10-19(15-5-2-3-6-15)24-22(17)25-21(16)18/h4,7-13,15H,2-3,5-6H2,1H3/i5D2,15D. The van der Waals surface area contributed by atoms with Crippen LogP contribution in [0.1, 0.15) is 46.9 Å². The van der Waals surface area contributed by atoms with Gasteiger partial charge in [0.25, 0.3) is 0 Å². The van der Waals surface area contributed by atoms with Gasteiger partial charge in [0.15, 0.2) is 0 Å². The van der Waals surface area contributed by atoms with Gasteiger partial charge in [-0.1, -0.05) is 25.0 Å². The minimum absolute atomic E-state index is 0.388. The van der Waals surface area contributed by atoms with Crippen molar-refractivity contribution in [3.63, 3.8) is 0 Å². The molecule has 4 aromatic rings. The highest BCUT2D eigenvalue weighted by molar-refractivity contribution is 6.08. The molecule has 1 unspecified atom stereocenters. The molecule has 0 N–H and O–H groups in total. The number of aromatic nitrogens is 2. The topological polar surface area (TPSA) is 38.9 Å². The summed E-state index contributed by atoms with van der Waals surface area (Å²) in [6.45, 7) is 2.03. The third-order valence-corrected chi connectivity index (χ3v) is 4.81. The molecule has 0 saturated heterocycles. The lowest BCUT2D eigenvalue weighted by molar-refractivity contribution is 0.638. The van der Waals surface area contributed by atoms with E-state index in [0.29, 0.717) is 36.3 Å². The van der Waals surface area contributed by atoms with Crippen LogP contribution in [-0.2, 0) is 0 Å². The quantitative estimate of drug-likeness (QED) is 0.451. The molecule has 0 bridgehead atoms. The van der Waals surface area contributed by atoms with Crippen LogP contribution in [0.5, 0.6) is 0 Å². The second kappa shape index (κ2) is 5.69. The maximum atomic E-state index is 8.75. The van der Waals surface area contributed by atoms with Crippen molar-refractivity contribution < 1.29 is 8.53 Å². The number of fused-ring (bicyclic) bond motifs is 3. The number of rotatable bonds is 2. The molecule has 1 aliphatic carbocycles. The number of aryl methyl sites for hydroxylation is 1. The van der Waals surface area contributed by atoms with Crippen LogP contribution < -0.4 is 0 Å². The number of furan rings is 1. The number of hydrogen-bond acceptors (Lipinski definition) is 3. The fourth-order valence-corrected chi connectivity index (χ4v) is 3.54. The van der Waals surface area contributed by atoms with Gasteiger partial charge in [-0.05, 0) is 55.6 Å². The molecule has 1 aliphatic rings. The molecule has 5 rings (SSSR count). The van der Waals surface area contributed by atoms with Gasteiger partial charge in [-0.25, -0.2) is 4.98 Å². The molecule has 124 valence electrons. The first-order chi connectivity index (χ1) is 13.4. The van der Waals surface area contributed by atoms with Crippen LogP contribution in [0.4, 0.5) is 0 Å². The Morgan fingerprint density at radius 2 is 2.12 bits per heavy atom. The summed E-state index contributed by atoms with van der Waals surface area (Å²) in [6.07, 6.45) is 1.75. The van der Waals surface area contributed by atoms with E-state index in [1.54, 1.807) is 12.3 Å².